The quantitative estimate of drug-likeness (QED) is 0.561. The third kappa shape index (κ3) is 4.96. The second-order valence-electron chi connectivity index (χ2n) is 9.50. The summed E-state index contributed by atoms with van der Waals surface area (Å²) in [6.07, 6.45) is 11.9. The molecule has 0 aromatic heterocycles. The van der Waals surface area contributed by atoms with Gasteiger partial charge in [-0.3, -0.25) is 15.0 Å². The molecule has 1 unspecified atom stereocenters. The summed E-state index contributed by atoms with van der Waals surface area (Å²) < 4.78 is 0. The molecule has 2 saturated heterocycles. The number of likely N-dealkylation sites (tertiary alicyclic amines) is 2. The summed E-state index contributed by atoms with van der Waals surface area (Å²) in [7, 11) is 0. The minimum Gasteiger partial charge on any atom is -0.342 e. The number of rotatable bonds is 11. The first-order chi connectivity index (χ1) is 13.5. The topological polar surface area (TPSA) is 64.5 Å². The van der Waals surface area contributed by atoms with Crippen molar-refractivity contribution >= 4 is 17.6 Å². The van der Waals surface area contributed by atoms with Crippen molar-refractivity contribution in [1.82, 2.24) is 9.80 Å². The van der Waals surface area contributed by atoms with Gasteiger partial charge >= 0.3 is 0 Å². The van der Waals surface area contributed by atoms with Crippen LogP contribution < -0.4 is 0 Å². The maximum absolute atomic E-state index is 13.3. The van der Waals surface area contributed by atoms with Crippen LogP contribution in [-0.4, -0.2) is 47.1 Å². The zero-order valence-corrected chi connectivity index (χ0v) is 18.0. The van der Waals surface area contributed by atoms with E-state index in [2.05, 4.69) is 13.8 Å². The Bertz CT molecular complexity index is 576. The molecule has 0 aromatic carbocycles. The monoisotopic (exact) mass is 389 g/mol. The summed E-state index contributed by atoms with van der Waals surface area (Å²) in [6, 6.07) is 0. The Labute approximate surface area is 170 Å². The molecule has 5 heteroatoms. The van der Waals surface area contributed by atoms with Crippen molar-refractivity contribution in [2.24, 2.45) is 17.3 Å². The van der Waals surface area contributed by atoms with Gasteiger partial charge in [0.2, 0.25) is 11.8 Å². The van der Waals surface area contributed by atoms with E-state index in [0.29, 0.717) is 36.5 Å². The van der Waals surface area contributed by atoms with Gasteiger partial charge in [-0.05, 0) is 50.4 Å². The number of nitrogens with zero attached hydrogens (tertiary/aromatic N) is 2. The van der Waals surface area contributed by atoms with Gasteiger partial charge in [-0.2, -0.15) is 0 Å². The number of nitrogens with one attached hydrogen (secondary N) is 1. The number of hydrogen-bond donors (Lipinski definition) is 1. The number of unbranched alkanes of at least 4 members (excludes halogenated alkanes) is 2. The van der Waals surface area contributed by atoms with Crippen LogP contribution in [0.1, 0.15) is 90.9 Å². The molecule has 2 amide bonds. The molecule has 0 bridgehead atoms. The Morgan fingerprint density at radius 1 is 1.11 bits per heavy atom. The minimum absolute atomic E-state index is 0.207. The number of carbonyl (C=O) groups excluding carboxylic acids is 2. The number of hydrogen-bond acceptors (Lipinski definition) is 3. The maximum Gasteiger partial charge on any atom is 0.234 e. The Morgan fingerprint density at radius 2 is 1.79 bits per heavy atom. The van der Waals surface area contributed by atoms with Crippen LogP contribution in [0, 0.1) is 22.7 Å². The Kier molecular flexibility index (Phi) is 7.16. The summed E-state index contributed by atoms with van der Waals surface area (Å²) >= 11 is 0. The Morgan fingerprint density at radius 3 is 2.39 bits per heavy atom. The molecule has 3 aliphatic rings. The maximum atomic E-state index is 13.3. The van der Waals surface area contributed by atoms with Gasteiger partial charge in [-0.25, -0.2) is 0 Å². The molecule has 0 aromatic rings. The average molecular weight is 390 g/mol. The van der Waals surface area contributed by atoms with Crippen molar-refractivity contribution < 1.29 is 9.59 Å². The van der Waals surface area contributed by atoms with Crippen molar-refractivity contribution in [2.45, 2.75) is 90.9 Å². The van der Waals surface area contributed by atoms with Gasteiger partial charge in [-0.15, -0.1) is 0 Å². The van der Waals surface area contributed by atoms with E-state index in [1.54, 1.807) is 4.90 Å². The third-order valence-corrected chi connectivity index (χ3v) is 7.11. The highest BCUT2D eigenvalue weighted by atomic mass is 16.2. The van der Waals surface area contributed by atoms with Gasteiger partial charge in [0, 0.05) is 32.5 Å². The smallest absolute Gasteiger partial charge is 0.234 e. The second kappa shape index (κ2) is 9.41. The van der Waals surface area contributed by atoms with Crippen LogP contribution >= 0.6 is 0 Å². The van der Waals surface area contributed by atoms with E-state index in [1.807, 2.05) is 4.90 Å². The highest BCUT2D eigenvalue weighted by molar-refractivity contribution is 6.07. The molecule has 5 nitrogen and oxygen atoms in total. The lowest BCUT2D eigenvalue weighted by Crippen LogP contribution is -2.37. The van der Waals surface area contributed by atoms with Crippen LogP contribution in [0.4, 0.5) is 0 Å². The summed E-state index contributed by atoms with van der Waals surface area (Å²) in [4.78, 5) is 29.4. The fourth-order valence-electron chi connectivity index (χ4n) is 4.99. The van der Waals surface area contributed by atoms with E-state index in [1.165, 1.54) is 12.8 Å². The normalized spacial score (nSPS) is 24.4. The van der Waals surface area contributed by atoms with Gasteiger partial charge in [0.25, 0.3) is 0 Å². The fraction of sp³-hybridized carbons (Fsp3) is 0.870. The molecule has 1 N–H and O–H groups in total. The van der Waals surface area contributed by atoms with Gasteiger partial charge in [0.1, 0.15) is 5.84 Å². The lowest BCUT2D eigenvalue weighted by molar-refractivity contribution is -0.136. The van der Waals surface area contributed by atoms with Gasteiger partial charge in [0.05, 0.1) is 5.41 Å². The molecule has 2 heterocycles. The van der Waals surface area contributed by atoms with Crippen LogP contribution in [0.15, 0.2) is 0 Å². The molecule has 2 aliphatic heterocycles. The van der Waals surface area contributed by atoms with Crippen molar-refractivity contribution in [2.75, 3.05) is 19.6 Å². The molecule has 0 spiro atoms. The molecular formula is C23H39N3O2. The molecule has 1 saturated carbocycles. The highest BCUT2D eigenvalue weighted by Crippen LogP contribution is 2.42. The molecule has 28 heavy (non-hydrogen) atoms. The number of amidine groups is 1. The van der Waals surface area contributed by atoms with Crippen LogP contribution in [0.2, 0.25) is 0 Å². The van der Waals surface area contributed by atoms with Crippen LogP contribution in [-0.2, 0) is 9.59 Å². The van der Waals surface area contributed by atoms with E-state index >= 15 is 0 Å². The zero-order valence-electron chi connectivity index (χ0n) is 18.0. The van der Waals surface area contributed by atoms with Gasteiger partial charge < -0.3 is 9.80 Å². The van der Waals surface area contributed by atoms with E-state index in [9.17, 15) is 9.59 Å². The summed E-state index contributed by atoms with van der Waals surface area (Å²) in [5.41, 5.74) is -0.314. The van der Waals surface area contributed by atoms with Crippen LogP contribution in [0.25, 0.3) is 0 Å². The number of carbonyl (C=O) groups is 2. The largest absolute Gasteiger partial charge is 0.342 e. The van der Waals surface area contributed by atoms with Crippen LogP contribution in [0.5, 0.6) is 0 Å². The summed E-state index contributed by atoms with van der Waals surface area (Å²) in [5.74, 6) is 2.18. The first kappa shape index (κ1) is 21.3. The summed E-state index contributed by atoms with van der Waals surface area (Å²) in [5, 5.41) is 8.47. The first-order valence-corrected chi connectivity index (χ1v) is 11.7. The Hall–Kier alpha value is -1.39. The molecule has 3 fully saturated rings. The lowest BCUT2D eigenvalue weighted by atomic mass is 9.77. The SMILES string of the molecule is CCCCC1(CCCC)CC(=N)N(CCC2CCN(C(=O)CC3CC3)C2)C1=O. The van der Waals surface area contributed by atoms with Crippen LogP contribution in [0.3, 0.4) is 0 Å². The van der Waals surface area contributed by atoms with E-state index in [0.717, 1.165) is 70.9 Å². The molecule has 1 atom stereocenters. The van der Waals surface area contributed by atoms with Gasteiger partial charge in [0.15, 0.2) is 0 Å². The first-order valence-electron chi connectivity index (χ1n) is 11.7. The minimum atomic E-state index is -0.314. The predicted octanol–water partition coefficient (Wildman–Crippen LogP) is 4.60. The highest BCUT2D eigenvalue weighted by Gasteiger charge is 2.48. The van der Waals surface area contributed by atoms with Crippen molar-refractivity contribution in [3.8, 4) is 0 Å². The van der Waals surface area contributed by atoms with Crippen molar-refractivity contribution in [1.29, 1.82) is 5.41 Å². The second-order valence-corrected chi connectivity index (χ2v) is 9.50. The molecule has 0 radical (unpaired) electrons. The third-order valence-electron chi connectivity index (χ3n) is 7.11. The predicted molar refractivity (Wildman–Crippen MR) is 112 cm³/mol. The molecular weight excluding hydrogens is 350 g/mol. The van der Waals surface area contributed by atoms with E-state index in [-0.39, 0.29) is 11.3 Å². The van der Waals surface area contributed by atoms with Crippen molar-refractivity contribution in [3.05, 3.63) is 0 Å². The Balaban J connectivity index is 1.51. The lowest BCUT2D eigenvalue weighted by Gasteiger charge is -2.27. The molecule has 1 aliphatic carbocycles. The van der Waals surface area contributed by atoms with E-state index < -0.39 is 0 Å². The standard InChI is InChI=1S/C23H39N3O2/c1-3-5-11-23(12-6-4-2)16-20(24)26(22(23)28)14-10-19-9-13-25(17-19)21(27)15-18-7-8-18/h18-19,24H,3-17H2,1-2H3. The fourth-order valence-corrected chi connectivity index (χ4v) is 4.99. The molecule has 158 valence electrons. The average Bonchev–Trinajstić information content (AvgIpc) is 3.30. The van der Waals surface area contributed by atoms with E-state index in [4.69, 9.17) is 5.41 Å². The number of amides is 2. The molecule has 3 rings (SSSR count). The van der Waals surface area contributed by atoms with Gasteiger partial charge in [-0.1, -0.05) is 39.5 Å². The van der Waals surface area contributed by atoms with Crippen molar-refractivity contribution in [3.63, 3.8) is 0 Å². The summed E-state index contributed by atoms with van der Waals surface area (Å²) in [6.45, 7) is 6.72. The zero-order chi connectivity index (χ0) is 20.1.